The standard InChI is InChI=1S/C30H39N3O5/c1-6-38-22-12-14-33(17-24-23-11-13-31-28(23)19(4)15-26(24)37-5)25(16-22)20-7-9-21(10-8-20)29(34)32-27(18(2)3)30(35)36/h7-11,13,15,18,22,25,27,31H,6,12,14,16-17H2,1-5H3,(H,32,34)(H,35,36)/t22-,25+,27+/m1/s1. The van der Waals surface area contributed by atoms with Crippen molar-refractivity contribution in [3.05, 3.63) is 64.8 Å². The van der Waals surface area contributed by atoms with Crippen LogP contribution in [-0.2, 0) is 16.1 Å². The van der Waals surface area contributed by atoms with Gasteiger partial charge in [-0.1, -0.05) is 26.0 Å². The number of piperidine rings is 1. The van der Waals surface area contributed by atoms with Gasteiger partial charge in [-0.3, -0.25) is 9.69 Å². The summed E-state index contributed by atoms with van der Waals surface area (Å²) >= 11 is 0. The summed E-state index contributed by atoms with van der Waals surface area (Å²) in [6, 6.07) is 10.9. The van der Waals surface area contributed by atoms with Crippen molar-refractivity contribution in [3.63, 3.8) is 0 Å². The van der Waals surface area contributed by atoms with Gasteiger partial charge in [0.25, 0.3) is 5.91 Å². The van der Waals surface area contributed by atoms with Crippen molar-refractivity contribution < 1.29 is 24.2 Å². The number of amides is 1. The van der Waals surface area contributed by atoms with E-state index in [4.69, 9.17) is 9.47 Å². The van der Waals surface area contributed by atoms with Crippen LogP contribution in [0.1, 0.15) is 66.7 Å². The average molecular weight is 522 g/mol. The first-order valence-electron chi connectivity index (χ1n) is 13.4. The van der Waals surface area contributed by atoms with E-state index in [1.165, 1.54) is 0 Å². The first-order chi connectivity index (χ1) is 18.2. The Morgan fingerprint density at radius 3 is 2.58 bits per heavy atom. The number of rotatable bonds is 10. The number of hydrogen-bond donors (Lipinski definition) is 3. The fraction of sp³-hybridized carbons (Fsp3) is 0.467. The van der Waals surface area contributed by atoms with E-state index in [0.717, 1.165) is 59.3 Å². The van der Waals surface area contributed by atoms with Crippen molar-refractivity contribution in [1.82, 2.24) is 15.2 Å². The zero-order valence-corrected chi connectivity index (χ0v) is 22.9. The molecular formula is C30H39N3O5. The number of carboxylic acids is 1. The van der Waals surface area contributed by atoms with Crippen LogP contribution in [0.25, 0.3) is 10.9 Å². The molecule has 3 atom stereocenters. The number of methoxy groups -OCH3 is 1. The number of H-pyrrole nitrogens is 1. The highest BCUT2D eigenvalue weighted by atomic mass is 16.5. The number of likely N-dealkylation sites (tertiary alicyclic amines) is 1. The largest absolute Gasteiger partial charge is 0.496 e. The third-order valence-corrected chi connectivity index (χ3v) is 7.54. The van der Waals surface area contributed by atoms with E-state index < -0.39 is 12.0 Å². The summed E-state index contributed by atoms with van der Waals surface area (Å²) in [4.78, 5) is 30.1. The molecule has 1 saturated heterocycles. The van der Waals surface area contributed by atoms with Crippen molar-refractivity contribution in [2.75, 3.05) is 20.3 Å². The minimum absolute atomic E-state index is 0.0971. The SMILES string of the molecule is CCO[C@@H]1CCN(Cc2c(OC)cc(C)c3[nH]ccc23)[C@H](c2ccc(C(=O)N[C@H](C(=O)O)C(C)C)cc2)C1. The van der Waals surface area contributed by atoms with Crippen LogP contribution in [0.3, 0.4) is 0 Å². The van der Waals surface area contributed by atoms with Crippen LogP contribution in [0.15, 0.2) is 42.6 Å². The van der Waals surface area contributed by atoms with Gasteiger partial charge in [0.2, 0.25) is 0 Å². The molecule has 8 nitrogen and oxygen atoms in total. The van der Waals surface area contributed by atoms with Gasteiger partial charge in [-0.05, 0) is 68.0 Å². The number of carbonyl (C=O) groups excluding carboxylic acids is 1. The zero-order chi connectivity index (χ0) is 27.4. The maximum absolute atomic E-state index is 12.8. The zero-order valence-electron chi connectivity index (χ0n) is 22.9. The Balaban J connectivity index is 1.60. The lowest BCUT2D eigenvalue weighted by atomic mass is 9.91. The van der Waals surface area contributed by atoms with Gasteiger partial charge < -0.3 is 24.9 Å². The highest BCUT2D eigenvalue weighted by molar-refractivity contribution is 5.96. The second-order valence-corrected chi connectivity index (χ2v) is 10.4. The summed E-state index contributed by atoms with van der Waals surface area (Å²) in [5.74, 6) is -0.754. The Hall–Kier alpha value is -3.36. The van der Waals surface area contributed by atoms with Crippen molar-refractivity contribution >= 4 is 22.8 Å². The molecule has 38 heavy (non-hydrogen) atoms. The normalized spacial score (nSPS) is 19.0. The molecule has 0 bridgehead atoms. The van der Waals surface area contributed by atoms with Crippen LogP contribution in [-0.4, -0.2) is 59.3 Å². The van der Waals surface area contributed by atoms with Crippen LogP contribution in [0.4, 0.5) is 0 Å². The Morgan fingerprint density at radius 1 is 1.21 bits per heavy atom. The molecule has 204 valence electrons. The lowest BCUT2D eigenvalue weighted by Gasteiger charge is -2.40. The number of aryl methyl sites for hydroxylation is 1. The molecule has 0 spiro atoms. The smallest absolute Gasteiger partial charge is 0.326 e. The molecule has 0 aliphatic carbocycles. The van der Waals surface area contributed by atoms with Crippen molar-refractivity contribution in [3.8, 4) is 5.75 Å². The Labute approximate surface area is 224 Å². The van der Waals surface area contributed by atoms with E-state index in [2.05, 4.69) is 34.3 Å². The third kappa shape index (κ3) is 5.87. The predicted molar refractivity (Wildman–Crippen MR) is 148 cm³/mol. The number of carboxylic acid groups (broad SMARTS) is 1. The van der Waals surface area contributed by atoms with Crippen molar-refractivity contribution in [1.29, 1.82) is 0 Å². The van der Waals surface area contributed by atoms with E-state index in [9.17, 15) is 14.7 Å². The molecule has 2 heterocycles. The number of aromatic nitrogens is 1. The van der Waals surface area contributed by atoms with Crippen LogP contribution >= 0.6 is 0 Å². The van der Waals surface area contributed by atoms with E-state index in [1.807, 2.05) is 25.3 Å². The lowest BCUT2D eigenvalue weighted by Crippen LogP contribution is -2.44. The Morgan fingerprint density at radius 2 is 1.95 bits per heavy atom. The van der Waals surface area contributed by atoms with E-state index in [-0.39, 0.29) is 24.0 Å². The third-order valence-electron chi connectivity index (χ3n) is 7.54. The van der Waals surface area contributed by atoms with Gasteiger partial charge in [-0.2, -0.15) is 0 Å². The summed E-state index contributed by atoms with van der Waals surface area (Å²) in [6.45, 7) is 9.92. The molecule has 3 N–H and O–H groups in total. The van der Waals surface area contributed by atoms with Crippen LogP contribution in [0, 0.1) is 12.8 Å². The predicted octanol–water partition coefficient (Wildman–Crippen LogP) is 5.07. The average Bonchev–Trinajstić information content (AvgIpc) is 3.40. The van der Waals surface area contributed by atoms with Gasteiger partial charge in [0.15, 0.2) is 0 Å². The minimum atomic E-state index is -1.03. The van der Waals surface area contributed by atoms with Gasteiger partial charge in [-0.15, -0.1) is 0 Å². The van der Waals surface area contributed by atoms with Gasteiger partial charge >= 0.3 is 5.97 Å². The molecule has 0 saturated carbocycles. The number of hydrogen-bond acceptors (Lipinski definition) is 5. The van der Waals surface area contributed by atoms with Crippen LogP contribution in [0.5, 0.6) is 5.75 Å². The molecule has 4 rings (SSSR count). The Bertz CT molecular complexity index is 1270. The quantitative estimate of drug-likeness (QED) is 0.344. The number of fused-ring (bicyclic) bond motifs is 1. The van der Waals surface area contributed by atoms with Crippen LogP contribution < -0.4 is 10.1 Å². The maximum Gasteiger partial charge on any atom is 0.326 e. The van der Waals surface area contributed by atoms with E-state index >= 15 is 0 Å². The topological polar surface area (TPSA) is 104 Å². The maximum atomic E-state index is 12.8. The molecule has 1 aliphatic rings. The lowest BCUT2D eigenvalue weighted by molar-refractivity contribution is -0.140. The second kappa shape index (κ2) is 12.0. The highest BCUT2D eigenvalue weighted by Crippen LogP contribution is 2.38. The van der Waals surface area contributed by atoms with E-state index in [0.29, 0.717) is 12.2 Å². The first kappa shape index (κ1) is 27.7. The number of aliphatic carboxylic acids is 1. The highest BCUT2D eigenvalue weighted by Gasteiger charge is 2.31. The molecular weight excluding hydrogens is 482 g/mol. The first-order valence-corrected chi connectivity index (χ1v) is 13.4. The van der Waals surface area contributed by atoms with Crippen LogP contribution in [0.2, 0.25) is 0 Å². The van der Waals surface area contributed by atoms with Gasteiger partial charge in [0.1, 0.15) is 11.8 Å². The van der Waals surface area contributed by atoms with E-state index in [1.54, 1.807) is 33.1 Å². The number of benzene rings is 2. The molecule has 1 aliphatic heterocycles. The second-order valence-electron chi connectivity index (χ2n) is 10.4. The number of ether oxygens (including phenoxy) is 2. The molecule has 3 aromatic rings. The van der Waals surface area contributed by atoms with Gasteiger partial charge in [-0.25, -0.2) is 4.79 Å². The van der Waals surface area contributed by atoms with Gasteiger partial charge in [0.05, 0.1) is 13.2 Å². The summed E-state index contributed by atoms with van der Waals surface area (Å²) < 4.78 is 11.8. The summed E-state index contributed by atoms with van der Waals surface area (Å²) in [7, 11) is 1.72. The summed E-state index contributed by atoms with van der Waals surface area (Å²) in [6.07, 6.45) is 3.93. The molecule has 1 fully saturated rings. The molecule has 0 radical (unpaired) electrons. The molecule has 1 aromatic heterocycles. The Kier molecular flexibility index (Phi) is 8.74. The minimum Gasteiger partial charge on any atom is -0.496 e. The fourth-order valence-electron chi connectivity index (χ4n) is 5.48. The number of carbonyl (C=O) groups is 2. The number of nitrogens with zero attached hydrogens (tertiary/aromatic N) is 1. The summed E-state index contributed by atoms with van der Waals surface area (Å²) in [5.41, 5.74) is 4.96. The molecule has 8 heteroatoms. The molecule has 0 unspecified atom stereocenters. The molecule has 2 aromatic carbocycles. The van der Waals surface area contributed by atoms with Crippen molar-refractivity contribution in [2.45, 2.75) is 65.3 Å². The number of aromatic amines is 1. The summed E-state index contributed by atoms with van der Waals surface area (Å²) in [5, 5.41) is 13.2. The van der Waals surface area contributed by atoms with Gasteiger partial charge in [0, 0.05) is 54.0 Å². The number of nitrogens with one attached hydrogen (secondary N) is 2. The monoisotopic (exact) mass is 521 g/mol. The van der Waals surface area contributed by atoms with Crippen molar-refractivity contribution in [2.24, 2.45) is 5.92 Å². The molecule has 1 amide bonds. The fourth-order valence-corrected chi connectivity index (χ4v) is 5.48.